The molecule has 3 heteroatoms. The molecule has 0 spiro atoms. The van der Waals surface area contributed by atoms with E-state index in [4.69, 9.17) is 4.42 Å². The molecule has 0 fully saturated rings. The molecule has 3 nitrogen and oxygen atoms in total. The second-order valence-electron chi connectivity index (χ2n) is 6.14. The van der Waals surface area contributed by atoms with Crippen LogP contribution in [0.3, 0.4) is 0 Å². The molecule has 1 heterocycles. The fourth-order valence-electron chi connectivity index (χ4n) is 2.64. The summed E-state index contributed by atoms with van der Waals surface area (Å²) < 4.78 is 5.62. The Balaban J connectivity index is 1.50. The lowest BCUT2D eigenvalue weighted by atomic mass is 10.1. The number of hydrogen-bond donors (Lipinski definition) is 1. The van der Waals surface area contributed by atoms with Gasteiger partial charge in [-0.1, -0.05) is 61.5 Å². The van der Waals surface area contributed by atoms with Crippen LogP contribution in [-0.2, 0) is 17.6 Å². The van der Waals surface area contributed by atoms with E-state index in [1.54, 1.807) is 0 Å². The molecule has 0 aliphatic carbocycles. The topological polar surface area (TPSA) is 42.2 Å². The standard InChI is InChI=1S/C23H23NO2/c1-2-21-14-15-22(26-21)16-17-23(25)24-20-12-10-19(11-13-20)9-8-18-6-4-3-5-7-18/h3-15H,2,16-17H2,1H3,(H,24,25). The molecule has 1 aromatic heterocycles. The Labute approximate surface area is 154 Å². The fraction of sp³-hybridized carbons (Fsp3) is 0.174. The molecule has 0 radical (unpaired) electrons. The van der Waals surface area contributed by atoms with Crippen molar-refractivity contribution in [2.75, 3.05) is 5.32 Å². The van der Waals surface area contributed by atoms with Crippen LogP contribution >= 0.6 is 0 Å². The number of amides is 1. The number of carbonyl (C=O) groups excluding carboxylic acids is 1. The first-order valence-corrected chi connectivity index (χ1v) is 8.93. The molecule has 0 saturated carbocycles. The van der Waals surface area contributed by atoms with E-state index in [-0.39, 0.29) is 5.91 Å². The van der Waals surface area contributed by atoms with Crippen molar-refractivity contribution in [1.82, 2.24) is 0 Å². The van der Waals surface area contributed by atoms with Crippen LogP contribution in [0.4, 0.5) is 5.69 Å². The summed E-state index contributed by atoms with van der Waals surface area (Å²) in [4.78, 5) is 12.1. The molecular formula is C23H23NO2. The minimum absolute atomic E-state index is 0.00738. The molecule has 3 rings (SSSR count). The van der Waals surface area contributed by atoms with Gasteiger partial charge in [0.25, 0.3) is 0 Å². The molecule has 1 amide bonds. The lowest BCUT2D eigenvalue weighted by Gasteiger charge is -2.05. The van der Waals surface area contributed by atoms with Crippen LogP contribution in [0.1, 0.15) is 36.0 Å². The number of anilines is 1. The number of hydrogen-bond acceptors (Lipinski definition) is 2. The summed E-state index contributed by atoms with van der Waals surface area (Å²) >= 11 is 0. The van der Waals surface area contributed by atoms with Gasteiger partial charge in [0.05, 0.1) is 0 Å². The zero-order chi connectivity index (χ0) is 18.2. The van der Waals surface area contributed by atoms with E-state index in [0.29, 0.717) is 12.8 Å². The third-order valence-electron chi connectivity index (χ3n) is 4.13. The molecule has 0 bridgehead atoms. The van der Waals surface area contributed by atoms with Crippen molar-refractivity contribution in [2.45, 2.75) is 26.2 Å². The number of benzene rings is 2. The first kappa shape index (κ1) is 17.7. The van der Waals surface area contributed by atoms with E-state index >= 15 is 0 Å². The normalized spacial score (nSPS) is 11.0. The van der Waals surface area contributed by atoms with Crippen LogP contribution < -0.4 is 5.32 Å². The van der Waals surface area contributed by atoms with Gasteiger partial charge in [0.2, 0.25) is 5.91 Å². The molecule has 0 unspecified atom stereocenters. The van der Waals surface area contributed by atoms with Gasteiger partial charge in [-0.3, -0.25) is 4.79 Å². The number of furan rings is 1. The summed E-state index contributed by atoms with van der Waals surface area (Å²) in [7, 11) is 0. The van der Waals surface area contributed by atoms with Crippen LogP contribution in [0.15, 0.2) is 71.1 Å². The van der Waals surface area contributed by atoms with Crippen LogP contribution in [0.2, 0.25) is 0 Å². The number of nitrogens with one attached hydrogen (secondary N) is 1. The lowest BCUT2D eigenvalue weighted by molar-refractivity contribution is -0.116. The smallest absolute Gasteiger partial charge is 0.224 e. The molecule has 3 aromatic rings. The van der Waals surface area contributed by atoms with E-state index in [2.05, 4.69) is 29.6 Å². The highest BCUT2D eigenvalue weighted by Gasteiger charge is 2.06. The van der Waals surface area contributed by atoms with Crippen molar-refractivity contribution >= 4 is 23.7 Å². The van der Waals surface area contributed by atoms with Crippen molar-refractivity contribution < 1.29 is 9.21 Å². The number of rotatable bonds is 7. The highest BCUT2D eigenvalue weighted by atomic mass is 16.3. The Bertz CT molecular complexity index is 861. The predicted octanol–water partition coefficient (Wildman–Crippen LogP) is 5.58. The molecule has 2 aromatic carbocycles. The van der Waals surface area contributed by atoms with Gasteiger partial charge in [-0.25, -0.2) is 0 Å². The van der Waals surface area contributed by atoms with Gasteiger partial charge in [0.15, 0.2) is 0 Å². The summed E-state index contributed by atoms with van der Waals surface area (Å²) in [5.41, 5.74) is 3.06. The van der Waals surface area contributed by atoms with Crippen molar-refractivity contribution in [3.05, 3.63) is 89.4 Å². The average Bonchev–Trinajstić information content (AvgIpc) is 3.15. The van der Waals surface area contributed by atoms with Gasteiger partial charge < -0.3 is 9.73 Å². The van der Waals surface area contributed by atoms with E-state index in [1.165, 1.54) is 0 Å². The minimum atomic E-state index is -0.00738. The zero-order valence-corrected chi connectivity index (χ0v) is 14.9. The summed E-state index contributed by atoms with van der Waals surface area (Å²) in [6.07, 6.45) is 6.03. The van der Waals surface area contributed by atoms with E-state index in [9.17, 15) is 4.79 Å². The lowest BCUT2D eigenvalue weighted by Crippen LogP contribution is -2.12. The predicted molar refractivity (Wildman–Crippen MR) is 107 cm³/mol. The second-order valence-corrected chi connectivity index (χ2v) is 6.14. The van der Waals surface area contributed by atoms with Crippen LogP contribution in [0.25, 0.3) is 12.2 Å². The molecule has 0 atom stereocenters. The Kier molecular flexibility index (Phi) is 6.05. The van der Waals surface area contributed by atoms with Crippen molar-refractivity contribution in [2.24, 2.45) is 0 Å². The number of carbonyl (C=O) groups is 1. The van der Waals surface area contributed by atoms with Crippen LogP contribution in [-0.4, -0.2) is 5.91 Å². The minimum Gasteiger partial charge on any atom is -0.466 e. The van der Waals surface area contributed by atoms with Crippen LogP contribution in [0.5, 0.6) is 0 Å². The third-order valence-corrected chi connectivity index (χ3v) is 4.13. The van der Waals surface area contributed by atoms with Gasteiger partial charge in [0.1, 0.15) is 11.5 Å². The Morgan fingerprint density at radius 3 is 2.19 bits per heavy atom. The molecular weight excluding hydrogens is 322 g/mol. The van der Waals surface area contributed by atoms with Gasteiger partial charge in [-0.05, 0) is 35.4 Å². The second kappa shape index (κ2) is 8.86. The highest BCUT2D eigenvalue weighted by Crippen LogP contribution is 2.14. The van der Waals surface area contributed by atoms with Crippen molar-refractivity contribution in [1.29, 1.82) is 0 Å². The summed E-state index contributed by atoms with van der Waals surface area (Å²) in [5.74, 6) is 1.81. The average molecular weight is 345 g/mol. The molecule has 0 aliphatic heterocycles. The van der Waals surface area contributed by atoms with E-state index < -0.39 is 0 Å². The Morgan fingerprint density at radius 1 is 0.885 bits per heavy atom. The first-order chi connectivity index (χ1) is 12.7. The maximum Gasteiger partial charge on any atom is 0.224 e. The SMILES string of the molecule is CCc1ccc(CCC(=O)Nc2ccc(C=Cc3ccccc3)cc2)o1. The largest absolute Gasteiger partial charge is 0.466 e. The van der Waals surface area contributed by atoms with Crippen molar-refractivity contribution in [3.63, 3.8) is 0 Å². The Hall–Kier alpha value is -3.07. The number of aryl methyl sites for hydroxylation is 2. The van der Waals surface area contributed by atoms with Gasteiger partial charge >= 0.3 is 0 Å². The monoisotopic (exact) mass is 345 g/mol. The maximum absolute atomic E-state index is 12.1. The van der Waals surface area contributed by atoms with Crippen LogP contribution in [0, 0.1) is 0 Å². The summed E-state index contributed by atoms with van der Waals surface area (Å²) in [6, 6.07) is 21.9. The van der Waals surface area contributed by atoms with Gasteiger partial charge in [-0.2, -0.15) is 0 Å². The highest BCUT2D eigenvalue weighted by molar-refractivity contribution is 5.91. The molecule has 0 aliphatic rings. The quantitative estimate of drug-likeness (QED) is 0.568. The van der Waals surface area contributed by atoms with Crippen molar-refractivity contribution in [3.8, 4) is 0 Å². The summed E-state index contributed by atoms with van der Waals surface area (Å²) in [6.45, 7) is 2.05. The molecule has 1 N–H and O–H groups in total. The van der Waals surface area contributed by atoms with E-state index in [0.717, 1.165) is 34.8 Å². The van der Waals surface area contributed by atoms with Gasteiger partial charge in [0, 0.05) is 24.9 Å². The van der Waals surface area contributed by atoms with Gasteiger partial charge in [-0.15, -0.1) is 0 Å². The fourth-order valence-corrected chi connectivity index (χ4v) is 2.64. The molecule has 132 valence electrons. The molecule has 0 saturated heterocycles. The maximum atomic E-state index is 12.1. The third kappa shape index (κ3) is 5.21. The van der Waals surface area contributed by atoms with E-state index in [1.807, 2.05) is 61.5 Å². The molecule has 26 heavy (non-hydrogen) atoms. The Morgan fingerprint density at radius 2 is 1.54 bits per heavy atom. The zero-order valence-electron chi connectivity index (χ0n) is 14.9. The summed E-state index contributed by atoms with van der Waals surface area (Å²) in [5, 5.41) is 2.93. The first-order valence-electron chi connectivity index (χ1n) is 8.93.